The van der Waals surface area contributed by atoms with Gasteiger partial charge in [-0.2, -0.15) is 0 Å². The molecule has 0 radical (unpaired) electrons. The second-order valence-corrected chi connectivity index (χ2v) is 26.8. The molecule has 100 heavy (non-hydrogen) atoms. The van der Waals surface area contributed by atoms with E-state index in [4.69, 9.17) is 24.9 Å². The second-order valence-electron chi connectivity index (χ2n) is 26.8. The van der Waals surface area contributed by atoms with Gasteiger partial charge < -0.3 is 0 Å². The summed E-state index contributed by atoms with van der Waals surface area (Å²) in [6.45, 7) is 23.7. The van der Waals surface area contributed by atoms with E-state index in [1.54, 1.807) is 12.4 Å². The molecule has 0 spiro atoms. The summed E-state index contributed by atoms with van der Waals surface area (Å²) in [4.78, 5) is 45.7. The molecule has 0 amide bonds. The van der Waals surface area contributed by atoms with Crippen molar-refractivity contribution in [3.8, 4) is 56.9 Å². The molecule has 10 aromatic heterocycles. The molecule has 10 heterocycles. The van der Waals surface area contributed by atoms with Crippen molar-refractivity contribution < 1.29 is 22.8 Å². The van der Waals surface area contributed by atoms with Gasteiger partial charge in [0.2, 0.25) is 22.1 Å². The van der Waals surface area contributed by atoms with E-state index >= 15 is 0 Å². The molecule has 15 nitrogen and oxygen atoms in total. The smallest absolute Gasteiger partial charge is 0.264 e. The molecule has 0 aliphatic rings. The van der Waals surface area contributed by atoms with Crippen molar-refractivity contribution >= 4 is 54.8 Å². The molecule has 15 heteroatoms. The van der Waals surface area contributed by atoms with Crippen molar-refractivity contribution in [2.45, 2.75) is 94.4 Å². The lowest BCUT2D eigenvalue weighted by Crippen LogP contribution is -2.32. The van der Waals surface area contributed by atoms with Crippen LogP contribution in [0.4, 0.5) is 0 Å². The Bertz CT molecular complexity index is 5250. The Morgan fingerprint density at radius 2 is 0.730 bits per heavy atom. The molecule has 0 fully saturated rings. The molecule has 500 valence electrons. The highest BCUT2D eigenvalue weighted by Gasteiger charge is 2.24. The molecule has 0 unspecified atom stereocenters. The van der Waals surface area contributed by atoms with Crippen molar-refractivity contribution in [2.24, 2.45) is 41.2 Å². The zero-order valence-electron chi connectivity index (χ0n) is 60.5. The highest BCUT2D eigenvalue weighted by molar-refractivity contribution is 5.83. The first kappa shape index (κ1) is 69.9. The van der Waals surface area contributed by atoms with Crippen LogP contribution in [0.2, 0.25) is 0 Å². The monoisotopic (exact) mass is 1320 g/mol. The highest BCUT2D eigenvalue weighted by Crippen LogP contribution is 2.28. The van der Waals surface area contributed by atoms with E-state index in [2.05, 4.69) is 246 Å². The number of rotatable bonds is 9. The van der Waals surface area contributed by atoms with Gasteiger partial charge in [0.1, 0.15) is 31.0 Å². The Labute approximate surface area is 587 Å². The Balaban J connectivity index is 0.000000126. The van der Waals surface area contributed by atoms with E-state index < -0.39 is 0 Å². The first-order valence-corrected chi connectivity index (χ1v) is 34.2. The molecule has 0 N–H and O–H groups in total. The maximum Gasteiger partial charge on any atom is 0.331 e. The molecular formula is C85H90N15+5. The topological polar surface area (TPSA) is 148 Å². The largest absolute Gasteiger partial charge is 0.331 e. The van der Waals surface area contributed by atoms with Crippen molar-refractivity contribution in [3.05, 3.63) is 271 Å². The zero-order chi connectivity index (χ0) is 70.7. The van der Waals surface area contributed by atoms with Crippen molar-refractivity contribution in [2.75, 3.05) is 0 Å². The fourth-order valence-electron chi connectivity index (χ4n) is 12.3. The number of benzene rings is 5. The van der Waals surface area contributed by atoms with Crippen LogP contribution in [0.25, 0.3) is 112 Å². The number of aryl methyl sites for hydroxylation is 10. The van der Waals surface area contributed by atoms with E-state index in [0.29, 0.717) is 17.8 Å². The number of hydrogen-bond acceptors (Lipinski definition) is 10. The summed E-state index contributed by atoms with van der Waals surface area (Å²) in [5.74, 6) is 6.38. The van der Waals surface area contributed by atoms with Gasteiger partial charge >= 0.3 is 29.1 Å². The molecule has 0 saturated carbocycles. The Morgan fingerprint density at radius 1 is 0.320 bits per heavy atom. The van der Waals surface area contributed by atoms with Gasteiger partial charge in [-0.05, 0) is 177 Å². The summed E-state index contributed by atoms with van der Waals surface area (Å²) in [7, 11) is 10.2. The van der Waals surface area contributed by atoms with Gasteiger partial charge in [0.25, 0.3) is 0 Å². The minimum atomic E-state index is 0.437. The number of pyridine rings is 5. The van der Waals surface area contributed by atoms with Crippen LogP contribution >= 0.6 is 0 Å². The van der Waals surface area contributed by atoms with Gasteiger partial charge in [-0.1, -0.05) is 133 Å². The molecule has 0 aliphatic carbocycles. The molecule has 0 saturated heterocycles. The summed E-state index contributed by atoms with van der Waals surface area (Å²) >= 11 is 0. The Hall–Kier alpha value is -11.5. The summed E-state index contributed by atoms with van der Waals surface area (Å²) < 4.78 is 10.3. The predicted molar refractivity (Wildman–Crippen MR) is 401 cm³/mol. The van der Waals surface area contributed by atoms with Crippen LogP contribution in [-0.4, -0.2) is 49.8 Å². The standard InChI is InChI=1S/C19H22N3.2C18H20N3.2C15H14N3/c1-13(2)9-15-10-20-11-18-17(15)12-22(4)19(21-18)16-8-6-5-7-14(16)3;1-12(2)14-9-16-17(19-10-14)11-21(4)18(20-16)15-8-6-5-7-13(15)3;1-12(2)15-9-19-10-17-16(15)11-21(4)18(20-17)14-8-6-5-7-13(14)3;1-11-6-3-4-7-12(11)15-17-13-8-5-9-16-14(13)10-18(15)2;1-11-5-3-4-6-13(11)15-17-14-7-8-16-9-12(14)10-18(15)2/h5-8,10-13H,9H2,1-4H3;2*5-12H,1-4H3;2*3-10H,1-2H3/q5*+1. The van der Waals surface area contributed by atoms with Crippen molar-refractivity contribution in [1.29, 1.82) is 0 Å². The van der Waals surface area contributed by atoms with E-state index in [1.807, 2.05) is 127 Å². The summed E-state index contributed by atoms with van der Waals surface area (Å²) in [6, 6.07) is 49.6. The highest BCUT2D eigenvalue weighted by atomic mass is 15.1. The normalized spacial score (nSPS) is 11.1. The first-order chi connectivity index (χ1) is 48.2. The fraction of sp³-hybridized carbons (Fsp3) is 0.235. The third kappa shape index (κ3) is 16.1. The summed E-state index contributed by atoms with van der Waals surface area (Å²) in [6.07, 6.45) is 26.5. The first-order valence-electron chi connectivity index (χ1n) is 34.2. The quantitative estimate of drug-likeness (QED) is 0.128. The van der Waals surface area contributed by atoms with Crippen LogP contribution in [-0.2, 0) is 41.7 Å². The molecule has 0 aliphatic heterocycles. The van der Waals surface area contributed by atoms with Gasteiger partial charge in [0.15, 0.2) is 16.6 Å². The maximum absolute atomic E-state index is 4.87. The molecule has 15 rings (SSSR count). The van der Waals surface area contributed by atoms with Crippen LogP contribution in [0.3, 0.4) is 0 Å². The fourth-order valence-corrected chi connectivity index (χ4v) is 12.3. The average molecular weight is 1320 g/mol. The summed E-state index contributed by atoms with van der Waals surface area (Å²) in [5, 5.41) is 3.43. The number of hydrogen-bond donors (Lipinski definition) is 0. The minimum Gasteiger partial charge on any atom is -0.264 e. The lowest BCUT2D eigenvalue weighted by molar-refractivity contribution is -0.661. The third-order valence-electron chi connectivity index (χ3n) is 17.9. The number of fused-ring (bicyclic) bond motifs is 5. The van der Waals surface area contributed by atoms with Crippen LogP contribution in [0.5, 0.6) is 0 Å². The SMILES string of the molecule is Cc1ccccc1-c1nc2cc(C(C)C)cnc2c[n+]1C.Cc1ccccc1-c1nc2cccnc2c[n+]1C.Cc1ccccc1-c1nc2ccncc2c[n+]1C.Cc1ccccc1-c1nc2cncc(C(C)C)c2c[n+]1C.Cc1ccccc1-c1nc2cncc(CC(C)C)c2c[n+]1C. The number of aromatic nitrogens is 15. The Kier molecular flexibility index (Phi) is 21.9. The molecule has 0 atom stereocenters. The molecule has 15 aromatic rings. The lowest BCUT2D eigenvalue weighted by atomic mass is 10.0. The van der Waals surface area contributed by atoms with E-state index in [1.165, 1.54) is 66.4 Å². The van der Waals surface area contributed by atoms with E-state index in [9.17, 15) is 0 Å². The van der Waals surface area contributed by atoms with Crippen LogP contribution < -0.4 is 22.8 Å². The zero-order valence-corrected chi connectivity index (χ0v) is 60.5. The molecule has 0 bridgehead atoms. The van der Waals surface area contributed by atoms with Crippen molar-refractivity contribution in [1.82, 2.24) is 49.8 Å². The third-order valence-corrected chi connectivity index (χ3v) is 17.9. The lowest BCUT2D eigenvalue weighted by Gasteiger charge is -2.08. The van der Waals surface area contributed by atoms with Crippen LogP contribution in [0, 0.1) is 40.5 Å². The summed E-state index contributed by atoms with van der Waals surface area (Å²) in [5.41, 5.74) is 22.3. The Morgan fingerprint density at radius 3 is 1.20 bits per heavy atom. The molecular weight excluding hydrogens is 1230 g/mol. The molecule has 5 aromatic carbocycles. The van der Waals surface area contributed by atoms with Gasteiger partial charge in [-0.15, -0.1) is 0 Å². The van der Waals surface area contributed by atoms with Gasteiger partial charge in [0, 0.05) is 43.2 Å². The van der Waals surface area contributed by atoms with E-state index in [-0.39, 0.29) is 0 Å². The van der Waals surface area contributed by atoms with E-state index in [0.717, 1.165) is 96.2 Å². The second kappa shape index (κ2) is 31.4. The number of nitrogens with zero attached hydrogens (tertiary/aromatic N) is 15. The van der Waals surface area contributed by atoms with Crippen LogP contribution in [0.15, 0.2) is 226 Å². The van der Waals surface area contributed by atoms with Crippen LogP contribution in [0.1, 0.15) is 97.9 Å². The predicted octanol–water partition coefficient (Wildman–Crippen LogP) is 15.6. The minimum absolute atomic E-state index is 0.437. The average Bonchev–Trinajstić information content (AvgIpc) is 0.804. The maximum atomic E-state index is 4.87. The van der Waals surface area contributed by atoms with Gasteiger partial charge in [-0.3, -0.25) is 15.0 Å². The van der Waals surface area contributed by atoms with Gasteiger partial charge in [0.05, 0.1) is 91.6 Å². The van der Waals surface area contributed by atoms with Crippen molar-refractivity contribution in [3.63, 3.8) is 0 Å². The van der Waals surface area contributed by atoms with Gasteiger partial charge in [-0.25, -0.2) is 32.8 Å².